The number of aromatic nitrogens is 1. The number of aliphatic hydroxyl groups is 1. The minimum absolute atomic E-state index is 0.133. The molecule has 1 unspecified atom stereocenters. The maximum Gasteiger partial charge on any atom is 0.295 e. The number of ketones is 1. The summed E-state index contributed by atoms with van der Waals surface area (Å²) in [6.45, 7) is 4.27. The number of likely N-dealkylation sites (tertiary alicyclic amines) is 1. The highest BCUT2D eigenvalue weighted by Crippen LogP contribution is 2.43. The van der Waals surface area contributed by atoms with Gasteiger partial charge < -0.3 is 10.0 Å². The van der Waals surface area contributed by atoms with Crippen molar-refractivity contribution in [2.45, 2.75) is 32.9 Å². The standard InChI is InChI=1S/C24H22N2O3S/c1-3-16-4-6-18(7-5-16)21(27)19-20(23-15(2)10-13-30-23)26(24(29)22(19)28)14-17-8-11-25-12-9-17/h4-13,20,27H,3,14H2,1-2H3/b21-19-. The zero-order valence-corrected chi connectivity index (χ0v) is 17.6. The normalized spacial score (nSPS) is 18.2. The highest BCUT2D eigenvalue weighted by atomic mass is 32.1. The lowest BCUT2D eigenvalue weighted by Gasteiger charge is -2.25. The minimum Gasteiger partial charge on any atom is -0.507 e. The van der Waals surface area contributed by atoms with Gasteiger partial charge in [0.15, 0.2) is 0 Å². The molecule has 1 amide bonds. The Hall–Kier alpha value is -3.25. The number of hydrogen-bond acceptors (Lipinski definition) is 5. The summed E-state index contributed by atoms with van der Waals surface area (Å²) in [6, 6.07) is 12.4. The number of rotatable bonds is 5. The first-order valence-electron chi connectivity index (χ1n) is 9.82. The predicted octanol–water partition coefficient (Wildman–Crippen LogP) is 4.64. The summed E-state index contributed by atoms with van der Waals surface area (Å²) in [5.41, 5.74) is 3.67. The fourth-order valence-corrected chi connectivity index (χ4v) is 4.77. The van der Waals surface area contributed by atoms with Gasteiger partial charge in [-0.05, 0) is 53.6 Å². The van der Waals surface area contributed by atoms with Crippen molar-refractivity contribution in [3.8, 4) is 0 Å². The van der Waals surface area contributed by atoms with Crippen LogP contribution in [-0.2, 0) is 22.6 Å². The van der Waals surface area contributed by atoms with E-state index in [1.54, 1.807) is 29.4 Å². The van der Waals surface area contributed by atoms with Gasteiger partial charge in [-0.25, -0.2) is 0 Å². The van der Waals surface area contributed by atoms with Gasteiger partial charge in [0.2, 0.25) is 0 Å². The lowest BCUT2D eigenvalue weighted by atomic mass is 9.97. The van der Waals surface area contributed by atoms with Gasteiger partial charge in [-0.1, -0.05) is 31.2 Å². The molecule has 2 aromatic heterocycles. The van der Waals surface area contributed by atoms with E-state index in [1.807, 2.05) is 42.6 Å². The summed E-state index contributed by atoms with van der Waals surface area (Å²) in [4.78, 5) is 32.5. The molecule has 152 valence electrons. The van der Waals surface area contributed by atoms with E-state index in [2.05, 4.69) is 11.9 Å². The fourth-order valence-electron chi connectivity index (χ4n) is 3.72. The predicted molar refractivity (Wildman–Crippen MR) is 117 cm³/mol. The third kappa shape index (κ3) is 3.55. The van der Waals surface area contributed by atoms with Crippen molar-refractivity contribution in [3.63, 3.8) is 0 Å². The molecule has 1 aliphatic rings. The van der Waals surface area contributed by atoms with Crippen molar-refractivity contribution in [2.24, 2.45) is 0 Å². The largest absolute Gasteiger partial charge is 0.507 e. The van der Waals surface area contributed by atoms with Gasteiger partial charge in [-0.3, -0.25) is 14.6 Å². The van der Waals surface area contributed by atoms with Crippen LogP contribution in [0.15, 0.2) is 65.8 Å². The lowest BCUT2D eigenvalue weighted by Crippen LogP contribution is -2.29. The van der Waals surface area contributed by atoms with Crippen molar-refractivity contribution in [2.75, 3.05) is 0 Å². The molecule has 30 heavy (non-hydrogen) atoms. The van der Waals surface area contributed by atoms with E-state index < -0.39 is 17.7 Å². The molecule has 1 aliphatic heterocycles. The van der Waals surface area contributed by atoms with Crippen LogP contribution in [0.5, 0.6) is 0 Å². The summed E-state index contributed by atoms with van der Waals surface area (Å²) in [5, 5.41) is 13.0. The Balaban J connectivity index is 1.84. The van der Waals surface area contributed by atoms with Crippen molar-refractivity contribution < 1.29 is 14.7 Å². The summed E-state index contributed by atoms with van der Waals surface area (Å²) in [7, 11) is 0. The van der Waals surface area contributed by atoms with Gasteiger partial charge in [-0.2, -0.15) is 0 Å². The number of carbonyl (C=O) groups excluding carboxylic acids is 2. The van der Waals surface area contributed by atoms with E-state index in [0.717, 1.165) is 28.0 Å². The van der Waals surface area contributed by atoms with E-state index in [4.69, 9.17) is 0 Å². The molecule has 6 heteroatoms. The van der Waals surface area contributed by atoms with Crippen molar-refractivity contribution in [1.82, 2.24) is 9.88 Å². The summed E-state index contributed by atoms with van der Waals surface area (Å²) in [5.74, 6) is -1.39. The molecule has 4 rings (SSSR count). The first-order chi connectivity index (χ1) is 14.5. The highest BCUT2D eigenvalue weighted by Gasteiger charge is 2.47. The van der Waals surface area contributed by atoms with Gasteiger partial charge in [0.1, 0.15) is 11.8 Å². The molecule has 3 aromatic rings. The zero-order chi connectivity index (χ0) is 21.3. The smallest absolute Gasteiger partial charge is 0.295 e. The third-order valence-corrected chi connectivity index (χ3v) is 6.50. The van der Waals surface area contributed by atoms with Gasteiger partial charge in [0.25, 0.3) is 11.7 Å². The molecule has 0 saturated carbocycles. The van der Waals surface area contributed by atoms with E-state index >= 15 is 0 Å². The second kappa shape index (κ2) is 8.24. The van der Waals surface area contributed by atoms with Crippen LogP contribution in [0.4, 0.5) is 0 Å². The van der Waals surface area contributed by atoms with E-state index in [-0.39, 0.29) is 17.9 Å². The van der Waals surface area contributed by atoms with Crippen LogP contribution >= 0.6 is 11.3 Å². The topological polar surface area (TPSA) is 70.5 Å². The van der Waals surface area contributed by atoms with Crippen molar-refractivity contribution in [3.05, 3.63) is 92.9 Å². The minimum atomic E-state index is -0.654. The number of thiophene rings is 1. The number of carbonyl (C=O) groups is 2. The molecular formula is C24H22N2O3S. The quantitative estimate of drug-likeness (QED) is 0.372. The molecule has 3 heterocycles. The van der Waals surface area contributed by atoms with Gasteiger partial charge >= 0.3 is 0 Å². The molecule has 0 aliphatic carbocycles. The third-order valence-electron chi connectivity index (χ3n) is 5.43. The van der Waals surface area contributed by atoms with Gasteiger partial charge in [0.05, 0.1) is 5.57 Å². The average molecular weight is 419 g/mol. The Morgan fingerprint density at radius 2 is 1.77 bits per heavy atom. The number of pyridine rings is 1. The molecule has 5 nitrogen and oxygen atoms in total. The number of Topliss-reactive ketones (excluding diaryl/α,β-unsaturated/α-hetero) is 1. The van der Waals surface area contributed by atoms with Crippen molar-refractivity contribution in [1.29, 1.82) is 0 Å². The van der Waals surface area contributed by atoms with Crippen LogP contribution in [0.2, 0.25) is 0 Å². The van der Waals surface area contributed by atoms with Gasteiger partial charge in [-0.15, -0.1) is 11.3 Å². The molecule has 1 atom stereocenters. The number of amides is 1. The van der Waals surface area contributed by atoms with Crippen LogP contribution < -0.4 is 0 Å². The van der Waals surface area contributed by atoms with E-state index in [9.17, 15) is 14.7 Å². The Bertz CT molecular complexity index is 1120. The second-order valence-electron chi connectivity index (χ2n) is 7.30. The average Bonchev–Trinajstić information content (AvgIpc) is 3.30. The van der Waals surface area contributed by atoms with Crippen molar-refractivity contribution >= 4 is 28.8 Å². The first-order valence-corrected chi connectivity index (χ1v) is 10.7. The maximum absolute atomic E-state index is 13.0. The number of aliphatic hydroxyl groups excluding tert-OH is 1. The Labute approximate surface area is 179 Å². The fraction of sp³-hybridized carbons (Fsp3) is 0.208. The van der Waals surface area contributed by atoms with Crippen LogP contribution in [0.1, 0.15) is 40.1 Å². The molecule has 0 radical (unpaired) electrons. The number of aryl methyl sites for hydroxylation is 2. The molecule has 1 fully saturated rings. The molecule has 0 bridgehead atoms. The second-order valence-corrected chi connectivity index (χ2v) is 8.25. The lowest BCUT2D eigenvalue weighted by molar-refractivity contribution is -0.140. The van der Waals surface area contributed by atoms with E-state index in [1.165, 1.54) is 11.3 Å². The maximum atomic E-state index is 13.0. The Morgan fingerprint density at radius 1 is 1.07 bits per heavy atom. The number of hydrogen-bond donors (Lipinski definition) is 1. The molecule has 0 spiro atoms. The number of nitrogens with zero attached hydrogens (tertiary/aromatic N) is 2. The summed E-state index contributed by atoms with van der Waals surface area (Å²) >= 11 is 1.48. The molecule has 1 N–H and O–H groups in total. The summed E-state index contributed by atoms with van der Waals surface area (Å²) in [6.07, 6.45) is 4.20. The Morgan fingerprint density at radius 3 is 2.37 bits per heavy atom. The highest BCUT2D eigenvalue weighted by molar-refractivity contribution is 7.10. The number of benzene rings is 1. The van der Waals surface area contributed by atoms with E-state index in [0.29, 0.717) is 5.56 Å². The molecular weight excluding hydrogens is 396 g/mol. The Kier molecular flexibility index (Phi) is 5.50. The molecule has 1 saturated heterocycles. The van der Waals surface area contributed by atoms with Crippen LogP contribution in [-0.4, -0.2) is 26.7 Å². The monoisotopic (exact) mass is 418 g/mol. The van der Waals surface area contributed by atoms with Crippen LogP contribution in [0.25, 0.3) is 5.76 Å². The van der Waals surface area contributed by atoms with Crippen LogP contribution in [0, 0.1) is 6.92 Å². The molecule has 1 aromatic carbocycles. The van der Waals surface area contributed by atoms with Crippen LogP contribution in [0.3, 0.4) is 0 Å². The summed E-state index contributed by atoms with van der Waals surface area (Å²) < 4.78 is 0. The SMILES string of the molecule is CCc1ccc(/C(O)=C2/C(=O)C(=O)N(Cc3ccncc3)C2c2sccc2C)cc1. The zero-order valence-electron chi connectivity index (χ0n) is 16.8. The first kappa shape index (κ1) is 20.0. The van der Waals surface area contributed by atoms with Gasteiger partial charge in [0, 0.05) is 29.4 Å².